The molecule has 3 heterocycles. The zero-order chi connectivity index (χ0) is 11.5. The molecule has 1 N–H and O–H groups in total. The molecule has 84 valence electrons. The fraction of sp³-hybridized carbons (Fsp3) is 0.167. The number of fused-ring (bicyclic) bond motifs is 4. The van der Waals surface area contributed by atoms with Crippen molar-refractivity contribution in [2.45, 2.75) is 11.8 Å². The molecule has 0 aromatic heterocycles. The van der Waals surface area contributed by atoms with Crippen LogP contribution in [0.15, 0.2) is 41.7 Å². The molecule has 4 rings (SSSR count). The highest BCUT2D eigenvalue weighted by Crippen LogP contribution is 2.46. The maximum atomic E-state index is 12.2. The average Bonchev–Trinajstić information content (AvgIpc) is 2.97. The summed E-state index contributed by atoms with van der Waals surface area (Å²) in [4.78, 5) is 18.4. The van der Waals surface area contributed by atoms with Crippen LogP contribution in [0, 0.1) is 0 Å². The fourth-order valence-electron chi connectivity index (χ4n) is 2.60. The van der Waals surface area contributed by atoms with Crippen molar-refractivity contribution in [2.75, 3.05) is 5.32 Å². The third-order valence-corrected chi connectivity index (χ3v) is 3.40. The summed E-state index contributed by atoms with van der Waals surface area (Å²) in [5, 5.41) is 2.86. The minimum absolute atomic E-state index is 0.133. The summed E-state index contributed by atoms with van der Waals surface area (Å²) < 4.78 is 5.50. The smallest absolute Gasteiger partial charge is 0.263 e. The number of nitrogens with one attached hydrogen (secondary N) is 1. The molecular formula is C12H9N3O2. The molecule has 1 aromatic rings. The zero-order valence-corrected chi connectivity index (χ0v) is 8.83. The number of rotatable bonds is 0. The Bertz CT molecular complexity index is 581. The minimum Gasteiger partial charge on any atom is -0.473 e. The number of nitrogens with zero attached hydrogens (tertiary/aromatic N) is 2. The molecule has 5 nitrogen and oxygen atoms in total. The Morgan fingerprint density at radius 3 is 3.24 bits per heavy atom. The summed E-state index contributed by atoms with van der Waals surface area (Å²) in [6.45, 7) is 0. The average molecular weight is 227 g/mol. The van der Waals surface area contributed by atoms with Crippen molar-refractivity contribution in [3.8, 4) is 0 Å². The van der Waals surface area contributed by atoms with Gasteiger partial charge in [0.15, 0.2) is 0 Å². The Morgan fingerprint density at radius 2 is 2.29 bits per heavy atom. The molecule has 1 aromatic carbocycles. The van der Waals surface area contributed by atoms with Crippen LogP contribution in [-0.4, -0.2) is 23.4 Å². The quantitative estimate of drug-likeness (QED) is 0.719. The van der Waals surface area contributed by atoms with Gasteiger partial charge in [0.1, 0.15) is 6.26 Å². The molecule has 0 fully saturated rings. The van der Waals surface area contributed by atoms with Crippen LogP contribution in [0.25, 0.3) is 0 Å². The second-order valence-electron chi connectivity index (χ2n) is 4.23. The number of ether oxygens (including phenoxy) is 1. The van der Waals surface area contributed by atoms with E-state index in [0.29, 0.717) is 0 Å². The van der Waals surface area contributed by atoms with Gasteiger partial charge in [-0.15, -0.1) is 0 Å². The lowest BCUT2D eigenvalue weighted by molar-refractivity contribution is -0.125. The van der Waals surface area contributed by atoms with Crippen LogP contribution in [0.1, 0.15) is 5.56 Å². The van der Waals surface area contributed by atoms with Crippen molar-refractivity contribution in [1.82, 2.24) is 4.90 Å². The van der Waals surface area contributed by atoms with Crippen molar-refractivity contribution in [3.05, 3.63) is 42.3 Å². The maximum Gasteiger partial charge on any atom is 0.263 e. The lowest BCUT2D eigenvalue weighted by Gasteiger charge is -2.26. The fourth-order valence-corrected chi connectivity index (χ4v) is 2.60. The van der Waals surface area contributed by atoms with Crippen LogP contribution < -0.4 is 5.32 Å². The summed E-state index contributed by atoms with van der Waals surface area (Å²) in [6, 6.07) is 7.59. The number of hydrogen-bond donors (Lipinski definition) is 1. The number of hydrogen-bond acceptors (Lipinski definition) is 4. The molecular weight excluding hydrogens is 218 g/mol. The van der Waals surface area contributed by atoms with Crippen LogP contribution in [-0.2, 0) is 15.1 Å². The molecule has 17 heavy (non-hydrogen) atoms. The Morgan fingerprint density at radius 1 is 1.41 bits per heavy atom. The molecule has 0 radical (unpaired) electrons. The summed E-state index contributed by atoms with van der Waals surface area (Å²) in [5.41, 5.74) is 0.726. The number of amides is 1. The molecule has 2 atom stereocenters. The highest BCUT2D eigenvalue weighted by Gasteiger charge is 2.59. The number of para-hydroxylation sites is 1. The van der Waals surface area contributed by atoms with Crippen LogP contribution >= 0.6 is 0 Å². The Kier molecular flexibility index (Phi) is 1.39. The van der Waals surface area contributed by atoms with Gasteiger partial charge in [-0.25, -0.2) is 4.99 Å². The van der Waals surface area contributed by atoms with Crippen molar-refractivity contribution >= 4 is 17.9 Å². The van der Waals surface area contributed by atoms with E-state index in [2.05, 4.69) is 10.3 Å². The van der Waals surface area contributed by atoms with Crippen LogP contribution in [0.2, 0.25) is 0 Å². The van der Waals surface area contributed by atoms with Gasteiger partial charge in [0.05, 0.1) is 6.34 Å². The Hall–Kier alpha value is -2.30. The summed E-state index contributed by atoms with van der Waals surface area (Å²) >= 11 is 0. The molecule has 1 amide bonds. The molecule has 3 aliphatic rings. The third kappa shape index (κ3) is 0.860. The van der Waals surface area contributed by atoms with Gasteiger partial charge in [-0.2, -0.15) is 0 Å². The summed E-state index contributed by atoms with van der Waals surface area (Å²) in [6.07, 6.45) is 4.62. The second-order valence-corrected chi connectivity index (χ2v) is 4.23. The van der Waals surface area contributed by atoms with E-state index in [4.69, 9.17) is 4.74 Å². The minimum atomic E-state index is -0.958. The first-order chi connectivity index (χ1) is 8.32. The Balaban J connectivity index is 1.95. The van der Waals surface area contributed by atoms with E-state index < -0.39 is 11.8 Å². The highest BCUT2D eigenvalue weighted by molar-refractivity contribution is 6.08. The van der Waals surface area contributed by atoms with Gasteiger partial charge in [0.25, 0.3) is 5.91 Å². The topological polar surface area (TPSA) is 53.9 Å². The van der Waals surface area contributed by atoms with Crippen molar-refractivity contribution in [2.24, 2.45) is 4.99 Å². The van der Waals surface area contributed by atoms with E-state index in [9.17, 15) is 4.79 Å². The van der Waals surface area contributed by atoms with Gasteiger partial charge in [-0.1, -0.05) is 18.2 Å². The van der Waals surface area contributed by atoms with Gasteiger partial charge >= 0.3 is 0 Å². The van der Waals surface area contributed by atoms with E-state index in [-0.39, 0.29) is 5.91 Å². The lowest BCUT2D eigenvalue weighted by atomic mass is 9.90. The molecule has 1 spiro atoms. The molecule has 0 saturated heterocycles. The lowest BCUT2D eigenvalue weighted by Crippen LogP contribution is -2.45. The number of carbonyl (C=O) groups excluding carboxylic acids is 1. The molecule has 0 aliphatic carbocycles. The molecule has 0 bridgehead atoms. The summed E-state index contributed by atoms with van der Waals surface area (Å²) in [7, 11) is 0. The first kappa shape index (κ1) is 8.81. The number of aliphatic imine (C=N–C) groups is 1. The van der Waals surface area contributed by atoms with Crippen molar-refractivity contribution in [1.29, 1.82) is 0 Å². The maximum absolute atomic E-state index is 12.2. The summed E-state index contributed by atoms with van der Waals surface area (Å²) in [5.74, 6) is -0.133. The zero-order valence-electron chi connectivity index (χ0n) is 8.83. The van der Waals surface area contributed by atoms with Gasteiger partial charge in [-0.05, 0) is 6.07 Å². The monoisotopic (exact) mass is 227 g/mol. The van der Waals surface area contributed by atoms with Crippen LogP contribution in [0.5, 0.6) is 0 Å². The molecule has 2 unspecified atom stereocenters. The highest BCUT2D eigenvalue weighted by atomic mass is 16.5. The van der Waals surface area contributed by atoms with Crippen LogP contribution in [0.4, 0.5) is 5.69 Å². The van der Waals surface area contributed by atoms with E-state index >= 15 is 0 Å². The van der Waals surface area contributed by atoms with Crippen molar-refractivity contribution < 1.29 is 9.53 Å². The van der Waals surface area contributed by atoms with Crippen LogP contribution in [0.3, 0.4) is 0 Å². The van der Waals surface area contributed by atoms with Gasteiger partial charge in [-0.3, -0.25) is 9.69 Å². The number of benzene rings is 1. The standard InChI is InChI=1S/C12H9N3O2/c16-10-12(8-3-1-2-4-9(8)14-10)11-15(7-13-12)5-6-17-11/h1-7,11H,(H,14,16). The predicted molar refractivity (Wildman–Crippen MR) is 61.1 cm³/mol. The van der Waals surface area contributed by atoms with Gasteiger partial charge in [0, 0.05) is 17.5 Å². The first-order valence-electron chi connectivity index (χ1n) is 5.38. The molecule has 0 saturated carbocycles. The largest absolute Gasteiger partial charge is 0.473 e. The number of carbonyl (C=O) groups is 1. The van der Waals surface area contributed by atoms with Crippen molar-refractivity contribution in [3.63, 3.8) is 0 Å². The second kappa shape index (κ2) is 2.68. The number of anilines is 1. The molecule has 5 heteroatoms. The van der Waals surface area contributed by atoms with E-state index in [1.807, 2.05) is 29.2 Å². The first-order valence-corrected chi connectivity index (χ1v) is 5.38. The van der Waals surface area contributed by atoms with Gasteiger partial charge in [0.2, 0.25) is 11.8 Å². The molecule has 3 aliphatic heterocycles. The van der Waals surface area contributed by atoms with E-state index in [1.165, 1.54) is 0 Å². The van der Waals surface area contributed by atoms with E-state index in [1.54, 1.807) is 18.8 Å². The normalized spacial score (nSPS) is 31.6. The Labute approximate surface area is 97.4 Å². The predicted octanol–water partition coefficient (Wildman–Crippen LogP) is 1.01. The third-order valence-electron chi connectivity index (χ3n) is 3.40. The SMILES string of the molecule is O=C1Nc2ccccc2C12N=CN1C=COC12. The van der Waals surface area contributed by atoms with Gasteiger partial charge < -0.3 is 10.1 Å². The van der Waals surface area contributed by atoms with E-state index in [0.717, 1.165) is 11.3 Å².